The monoisotopic (exact) mass is 416 g/mol. The molecule has 2 fully saturated rings. The number of aliphatic hydroxyl groups excluding tert-OH is 3. The molecule has 4 N–H and O–H groups in total. The lowest BCUT2D eigenvalue weighted by Gasteiger charge is -2.51. The van der Waals surface area contributed by atoms with Crippen molar-refractivity contribution in [1.29, 1.82) is 0 Å². The Bertz CT molecular complexity index is 791. The van der Waals surface area contributed by atoms with Crippen LogP contribution in [-0.4, -0.2) is 50.1 Å². The van der Waals surface area contributed by atoms with E-state index < -0.39 is 35.2 Å². The van der Waals surface area contributed by atoms with Gasteiger partial charge in [0.25, 0.3) is 0 Å². The van der Waals surface area contributed by atoms with Gasteiger partial charge in [-0.3, -0.25) is 4.79 Å². The highest BCUT2D eigenvalue weighted by molar-refractivity contribution is 5.93. The van der Waals surface area contributed by atoms with Crippen molar-refractivity contribution in [2.24, 2.45) is 29.1 Å². The topological polar surface area (TPSA) is 98.0 Å². The number of hydrogen-bond donors (Lipinski definition) is 4. The van der Waals surface area contributed by atoms with Gasteiger partial charge in [-0.25, -0.2) is 0 Å². The molecule has 5 nitrogen and oxygen atoms in total. The molecule has 30 heavy (non-hydrogen) atoms. The Morgan fingerprint density at radius 3 is 2.73 bits per heavy atom. The number of allylic oxidation sites excluding steroid dienone is 3. The van der Waals surface area contributed by atoms with Crippen molar-refractivity contribution in [2.45, 2.75) is 83.2 Å². The van der Waals surface area contributed by atoms with E-state index in [1.807, 2.05) is 6.08 Å². The molecule has 0 amide bonds. The first kappa shape index (κ1) is 21.9. The molecule has 5 heteroatoms. The van der Waals surface area contributed by atoms with Crippen molar-refractivity contribution in [1.82, 2.24) is 0 Å². The van der Waals surface area contributed by atoms with Gasteiger partial charge in [0.05, 0.1) is 23.9 Å². The summed E-state index contributed by atoms with van der Waals surface area (Å²) in [6, 6.07) is 0. The minimum atomic E-state index is -1.30. The minimum absolute atomic E-state index is 0.0511. The molecule has 0 saturated heterocycles. The number of fused-ring (bicyclic) bond motifs is 2. The standard InChI is InChI=1S/C25H36O5/c1-14-4-5-17(27)10-16-13-25-9-7-18(14)19(11-21(16)28)20(25)12-22(29)23(25)24(3,30)8-6-15(2)26/h4,6,8,11,15-18,20,22-23,26-27,29-30H,5,7,9-10,12-13H2,1-3H3/t15-,16+,17-,18+,20-,22+,23+,24-,25+/m0/s1. The van der Waals surface area contributed by atoms with Crippen LogP contribution in [0.25, 0.3) is 0 Å². The highest BCUT2D eigenvalue weighted by Crippen LogP contribution is 2.66. The normalized spacial score (nSPS) is 44.3. The van der Waals surface area contributed by atoms with E-state index in [2.05, 4.69) is 13.0 Å². The van der Waals surface area contributed by atoms with Crippen LogP contribution in [0.5, 0.6) is 0 Å². The van der Waals surface area contributed by atoms with Crippen molar-refractivity contribution in [3.8, 4) is 0 Å². The van der Waals surface area contributed by atoms with E-state index in [4.69, 9.17) is 0 Å². The number of carbonyl (C=O) groups is 1. The second-order valence-electron chi connectivity index (χ2n) is 10.5. The lowest BCUT2D eigenvalue weighted by Crippen LogP contribution is -2.50. The van der Waals surface area contributed by atoms with Gasteiger partial charge in [0.2, 0.25) is 0 Å². The van der Waals surface area contributed by atoms with Gasteiger partial charge < -0.3 is 20.4 Å². The molecule has 0 unspecified atom stereocenters. The molecule has 4 aliphatic rings. The fourth-order valence-corrected chi connectivity index (χ4v) is 7.23. The van der Waals surface area contributed by atoms with E-state index in [0.717, 1.165) is 18.4 Å². The molecule has 2 saturated carbocycles. The van der Waals surface area contributed by atoms with Gasteiger partial charge >= 0.3 is 0 Å². The van der Waals surface area contributed by atoms with Crippen molar-refractivity contribution < 1.29 is 25.2 Å². The second-order valence-corrected chi connectivity index (χ2v) is 10.5. The Kier molecular flexibility index (Phi) is 5.63. The predicted octanol–water partition coefficient (Wildman–Crippen LogP) is 2.68. The largest absolute Gasteiger partial charge is 0.393 e. The third-order valence-corrected chi connectivity index (χ3v) is 8.38. The zero-order valence-corrected chi connectivity index (χ0v) is 18.3. The summed E-state index contributed by atoms with van der Waals surface area (Å²) < 4.78 is 0. The van der Waals surface area contributed by atoms with Crippen molar-refractivity contribution >= 4 is 5.78 Å². The van der Waals surface area contributed by atoms with Crippen LogP contribution in [0.3, 0.4) is 0 Å². The van der Waals surface area contributed by atoms with Crippen molar-refractivity contribution in [2.75, 3.05) is 0 Å². The summed E-state index contributed by atoms with van der Waals surface area (Å²) in [4.78, 5) is 13.2. The third kappa shape index (κ3) is 3.54. The Balaban J connectivity index is 1.84. The Labute approximate surface area is 179 Å². The SMILES string of the molecule is CC1=CC[C@H](O)C[C@@H]2C[C@]34CC[C@H]1C(=CC2=O)[C@@H]3C[C@@H](O)[C@@H]4[C@@](C)(O)C=C[C@H](C)O. The summed E-state index contributed by atoms with van der Waals surface area (Å²) in [7, 11) is 0. The quantitative estimate of drug-likeness (QED) is 0.530. The van der Waals surface area contributed by atoms with Crippen LogP contribution in [0.15, 0.2) is 35.5 Å². The molecule has 0 aromatic rings. The first-order valence-corrected chi connectivity index (χ1v) is 11.4. The van der Waals surface area contributed by atoms with Gasteiger partial charge in [-0.05, 0) is 76.7 Å². The van der Waals surface area contributed by atoms with Gasteiger partial charge in [0.1, 0.15) is 0 Å². The van der Waals surface area contributed by atoms with E-state index in [0.29, 0.717) is 25.7 Å². The highest BCUT2D eigenvalue weighted by Gasteiger charge is 2.64. The lowest BCUT2D eigenvalue weighted by atomic mass is 9.54. The molecule has 0 radical (unpaired) electrons. The number of rotatable bonds is 3. The molecule has 0 aromatic carbocycles. The summed E-state index contributed by atoms with van der Waals surface area (Å²) in [5, 5.41) is 42.9. The van der Waals surface area contributed by atoms with Crippen molar-refractivity contribution in [3.05, 3.63) is 35.5 Å². The summed E-state index contributed by atoms with van der Waals surface area (Å²) in [6.07, 6.45) is 9.05. The summed E-state index contributed by atoms with van der Waals surface area (Å²) in [6.45, 7) is 5.44. The van der Waals surface area contributed by atoms with Gasteiger partial charge in [0, 0.05) is 17.8 Å². The van der Waals surface area contributed by atoms with E-state index in [9.17, 15) is 25.2 Å². The average Bonchev–Trinajstić information content (AvgIpc) is 2.92. The van der Waals surface area contributed by atoms with E-state index >= 15 is 0 Å². The van der Waals surface area contributed by atoms with Gasteiger partial charge in [-0.1, -0.05) is 29.4 Å². The molecule has 0 aliphatic heterocycles. The summed E-state index contributed by atoms with van der Waals surface area (Å²) >= 11 is 0. The van der Waals surface area contributed by atoms with E-state index in [-0.39, 0.29) is 23.5 Å². The maximum absolute atomic E-state index is 13.2. The van der Waals surface area contributed by atoms with Crippen LogP contribution in [0.4, 0.5) is 0 Å². The maximum Gasteiger partial charge on any atom is 0.158 e. The summed E-state index contributed by atoms with van der Waals surface area (Å²) in [5.41, 5.74) is 0.622. The first-order chi connectivity index (χ1) is 14.0. The fraction of sp³-hybridized carbons (Fsp3) is 0.720. The molecule has 166 valence electrons. The molecule has 3 bridgehead atoms. The molecule has 4 rings (SSSR count). The lowest BCUT2D eigenvalue weighted by molar-refractivity contribution is -0.123. The van der Waals surface area contributed by atoms with Crippen molar-refractivity contribution in [3.63, 3.8) is 0 Å². The van der Waals surface area contributed by atoms with E-state index in [1.165, 1.54) is 5.57 Å². The van der Waals surface area contributed by atoms with Crippen LogP contribution in [0, 0.1) is 29.1 Å². The van der Waals surface area contributed by atoms with Gasteiger partial charge in [0.15, 0.2) is 5.78 Å². The number of aliphatic hydroxyl groups is 4. The Hall–Kier alpha value is -1.27. The third-order valence-electron chi connectivity index (χ3n) is 8.38. The molecule has 4 aliphatic carbocycles. The molecule has 9 atom stereocenters. The molecule has 0 heterocycles. The Morgan fingerprint density at radius 2 is 2.03 bits per heavy atom. The molecule has 0 aromatic heterocycles. The highest BCUT2D eigenvalue weighted by atomic mass is 16.3. The Morgan fingerprint density at radius 1 is 1.30 bits per heavy atom. The average molecular weight is 417 g/mol. The summed E-state index contributed by atoms with van der Waals surface area (Å²) in [5.74, 6) is -0.415. The number of hydrogen-bond acceptors (Lipinski definition) is 5. The zero-order valence-electron chi connectivity index (χ0n) is 18.3. The first-order valence-electron chi connectivity index (χ1n) is 11.4. The molecule has 0 spiro atoms. The molecular formula is C25H36O5. The predicted molar refractivity (Wildman–Crippen MR) is 114 cm³/mol. The number of ketones is 1. The van der Waals surface area contributed by atoms with Crippen LogP contribution >= 0.6 is 0 Å². The number of carbonyl (C=O) groups excluding carboxylic acids is 1. The van der Waals surface area contributed by atoms with Crippen LogP contribution in [-0.2, 0) is 4.79 Å². The second kappa shape index (κ2) is 7.70. The van der Waals surface area contributed by atoms with Crippen LogP contribution in [0.1, 0.15) is 59.3 Å². The van der Waals surface area contributed by atoms with Crippen LogP contribution < -0.4 is 0 Å². The maximum atomic E-state index is 13.2. The smallest absolute Gasteiger partial charge is 0.158 e. The van der Waals surface area contributed by atoms with E-state index in [1.54, 1.807) is 26.0 Å². The van der Waals surface area contributed by atoms with Gasteiger partial charge in [-0.15, -0.1) is 0 Å². The minimum Gasteiger partial charge on any atom is -0.393 e. The van der Waals surface area contributed by atoms with Crippen LogP contribution in [0.2, 0.25) is 0 Å². The zero-order chi connectivity index (χ0) is 21.8. The molecular weight excluding hydrogens is 380 g/mol. The van der Waals surface area contributed by atoms with Gasteiger partial charge in [-0.2, -0.15) is 0 Å². The fourth-order valence-electron chi connectivity index (χ4n) is 7.23.